The highest BCUT2D eigenvalue weighted by Gasteiger charge is 2.15. The molecule has 0 atom stereocenters. The fourth-order valence-corrected chi connectivity index (χ4v) is 4.93. The zero-order chi connectivity index (χ0) is 25.2. The van der Waals surface area contributed by atoms with E-state index in [1.807, 2.05) is 41.5 Å². The monoisotopic (exact) mass is 534 g/mol. The molecule has 0 bridgehead atoms. The number of thiocarbonyl (C=S) groups is 1. The first-order valence-electron chi connectivity index (χ1n) is 11.4. The van der Waals surface area contributed by atoms with Gasteiger partial charge in [0.05, 0.1) is 42.0 Å². The summed E-state index contributed by atoms with van der Waals surface area (Å²) in [6, 6.07) is 20.2. The molecule has 9 heteroatoms. The maximum Gasteiger partial charge on any atom is 0.175 e. The molecule has 5 rings (SSSR count). The van der Waals surface area contributed by atoms with Gasteiger partial charge < -0.3 is 10.6 Å². The number of aryl methyl sites for hydroxylation is 1. The standard InChI is InChI=1S/C27H24Cl2N6S/c1-17-26(18(2)35(33-17)15-21-10-11-22(28)12-25(21)29)32-27(36)31-23-13-30-34(16-23)14-20-8-5-7-19-6-3-4-9-24(19)20/h3-13,16H,14-15H2,1-2H3,(H2,31,32,36). The predicted octanol–water partition coefficient (Wildman–Crippen LogP) is 7.06. The Morgan fingerprint density at radius 2 is 1.75 bits per heavy atom. The van der Waals surface area contributed by atoms with Crippen molar-refractivity contribution < 1.29 is 0 Å². The van der Waals surface area contributed by atoms with E-state index in [1.54, 1.807) is 12.3 Å². The van der Waals surface area contributed by atoms with Gasteiger partial charge in [0.2, 0.25) is 0 Å². The summed E-state index contributed by atoms with van der Waals surface area (Å²) < 4.78 is 3.80. The van der Waals surface area contributed by atoms with Crippen LogP contribution in [0.1, 0.15) is 22.5 Å². The highest BCUT2D eigenvalue weighted by atomic mass is 35.5. The van der Waals surface area contributed by atoms with Gasteiger partial charge in [-0.3, -0.25) is 9.36 Å². The number of rotatable bonds is 6. The Bertz CT molecular complexity index is 1570. The van der Waals surface area contributed by atoms with Gasteiger partial charge in [-0.05, 0) is 60.1 Å². The molecule has 0 aliphatic rings. The molecule has 3 aromatic carbocycles. The second-order valence-corrected chi connectivity index (χ2v) is 9.84. The van der Waals surface area contributed by atoms with Crippen LogP contribution in [0.4, 0.5) is 11.4 Å². The van der Waals surface area contributed by atoms with Crippen LogP contribution in [0.2, 0.25) is 10.0 Å². The Morgan fingerprint density at radius 3 is 2.58 bits per heavy atom. The number of anilines is 2. The van der Waals surface area contributed by atoms with Gasteiger partial charge in [-0.2, -0.15) is 10.2 Å². The summed E-state index contributed by atoms with van der Waals surface area (Å²) in [7, 11) is 0. The number of benzene rings is 3. The lowest BCUT2D eigenvalue weighted by Gasteiger charge is -2.11. The third-order valence-electron chi connectivity index (χ3n) is 6.06. The summed E-state index contributed by atoms with van der Waals surface area (Å²) in [4.78, 5) is 0. The van der Waals surface area contributed by atoms with Gasteiger partial charge in [0, 0.05) is 16.2 Å². The topological polar surface area (TPSA) is 59.7 Å². The van der Waals surface area contributed by atoms with Crippen LogP contribution in [0.15, 0.2) is 73.1 Å². The van der Waals surface area contributed by atoms with E-state index in [0.717, 1.165) is 28.3 Å². The average Bonchev–Trinajstić information content (AvgIpc) is 3.40. The van der Waals surface area contributed by atoms with Gasteiger partial charge in [0.25, 0.3) is 0 Å². The van der Waals surface area contributed by atoms with Crippen molar-refractivity contribution >= 4 is 62.7 Å². The lowest BCUT2D eigenvalue weighted by atomic mass is 10.0. The molecule has 2 aromatic heterocycles. The number of nitrogens with one attached hydrogen (secondary N) is 2. The van der Waals surface area contributed by atoms with Crippen molar-refractivity contribution in [3.8, 4) is 0 Å². The van der Waals surface area contributed by atoms with Crippen LogP contribution >= 0.6 is 35.4 Å². The minimum absolute atomic E-state index is 0.468. The summed E-state index contributed by atoms with van der Waals surface area (Å²) in [5, 5.41) is 19.8. The van der Waals surface area contributed by atoms with E-state index in [4.69, 9.17) is 35.4 Å². The molecule has 0 radical (unpaired) electrons. The number of hydrogen-bond acceptors (Lipinski definition) is 3. The normalized spacial score (nSPS) is 11.1. The second-order valence-electron chi connectivity index (χ2n) is 8.58. The number of hydrogen-bond donors (Lipinski definition) is 2. The Hall–Kier alpha value is -3.39. The van der Waals surface area contributed by atoms with E-state index in [-0.39, 0.29) is 0 Å². The van der Waals surface area contributed by atoms with Crippen LogP contribution in [0.3, 0.4) is 0 Å². The fourth-order valence-electron chi connectivity index (χ4n) is 4.24. The zero-order valence-corrected chi connectivity index (χ0v) is 22.1. The summed E-state index contributed by atoms with van der Waals surface area (Å²) in [6.45, 7) is 5.14. The van der Waals surface area contributed by atoms with E-state index >= 15 is 0 Å². The number of aromatic nitrogens is 4. The summed E-state index contributed by atoms with van der Waals surface area (Å²) in [5.74, 6) is 0. The molecule has 0 amide bonds. The minimum atomic E-state index is 0.468. The molecule has 36 heavy (non-hydrogen) atoms. The van der Waals surface area contributed by atoms with Gasteiger partial charge in [-0.15, -0.1) is 0 Å². The van der Waals surface area contributed by atoms with Crippen LogP contribution in [-0.4, -0.2) is 24.7 Å². The minimum Gasteiger partial charge on any atom is -0.330 e. The Balaban J connectivity index is 1.26. The van der Waals surface area contributed by atoms with Gasteiger partial charge in [-0.1, -0.05) is 71.7 Å². The molecular weight excluding hydrogens is 511 g/mol. The van der Waals surface area contributed by atoms with E-state index in [9.17, 15) is 0 Å². The highest BCUT2D eigenvalue weighted by molar-refractivity contribution is 7.80. The van der Waals surface area contributed by atoms with E-state index in [0.29, 0.717) is 28.2 Å². The van der Waals surface area contributed by atoms with Crippen LogP contribution in [0, 0.1) is 13.8 Å². The molecule has 0 aliphatic carbocycles. The molecule has 2 heterocycles. The van der Waals surface area contributed by atoms with Crippen molar-refractivity contribution in [2.45, 2.75) is 26.9 Å². The Labute approximate surface area is 224 Å². The second kappa shape index (κ2) is 10.3. The lowest BCUT2D eigenvalue weighted by molar-refractivity contribution is 0.659. The molecule has 0 saturated carbocycles. The van der Waals surface area contributed by atoms with Crippen molar-refractivity contribution in [3.63, 3.8) is 0 Å². The van der Waals surface area contributed by atoms with Gasteiger partial charge in [0.1, 0.15) is 0 Å². The Kier molecular flexibility index (Phi) is 6.96. The van der Waals surface area contributed by atoms with Crippen molar-refractivity contribution in [1.82, 2.24) is 19.6 Å². The molecule has 0 saturated heterocycles. The number of halogens is 2. The van der Waals surface area contributed by atoms with Gasteiger partial charge in [0.15, 0.2) is 5.11 Å². The average molecular weight is 536 g/mol. The number of nitrogens with zero attached hydrogens (tertiary/aromatic N) is 4. The summed E-state index contributed by atoms with van der Waals surface area (Å²) in [5.41, 5.74) is 5.62. The van der Waals surface area contributed by atoms with Crippen molar-refractivity contribution in [2.24, 2.45) is 0 Å². The molecule has 6 nitrogen and oxygen atoms in total. The third kappa shape index (κ3) is 5.23. The number of fused-ring (bicyclic) bond motifs is 1. The van der Waals surface area contributed by atoms with E-state index < -0.39 is 0 Å². The molecule has 0 aliphatic heterocycles. The first kappa shape index (κ1) is 24.3. The van der Waals surface area contributed by atoms with Gasteiger partial charge >= 0.3 is 0 Å². The first-order valence-corrected chi connectivity index (χ1v) is 12.6. The van der Waals surface area contributed by atoms with Crippen LogP contribution in [0.25, 0.3) is 10.8 Å². The molecule has 0 unspecified atom stereocenters. The molecule has 0 fully saturated rings. The van der Waals surface area contributed by atoms with Crippen molar-refractivity contribution in [1.29, 1.82) is 0 Å². The Morgan fingerprint density at radius 1 is 0.944 bits per heavy atom. The largest absolute Gasteiger partial charge is 0.330 e. The van der Waals surface area contributed by atoms with Crippen molar-refractivity contribution in [2.75, 3.05) is 10.6 Å². The predicted molar refractivity (Wildman–Crippen MR) is 152 cm³/mol. The molecule has 5 aromatic rings. The SMILES string of the molecule is Cc1nn(Cc2ccc(Cl)cc2Cl)c(C)c1NC(=S)Nc1cnn(Cc2cccc3ccccc23)c1. The lowest BCUT2D eigenvalue weighted by Crippen LogP contribution is -2.19. The highest BCUT2D eigenvalue weighted by Crippen LogP contribution is 2.25. The summed E-state index contributed by atoms with van der Waals surface area (Å²) >= 11 is 18.0. The van der Waals surface area contributed by atoms with Crippen LogP contribution < -0.4 is 10.6 Å². The first-order chi connectivity index (χ1) is 17.4. The van der Waals surface area contributed by atoms with E-state index in [2.05, 4.69) is 63.3 Å². The smallest absolute Gasteiger partial charge is 0.175 e. The quantitative estimate of drug-likeness (QED) is 0.228. The van der Waals surface area contributed by atoms with E-state index in [1.165, 1.54) is 16.3 Å². The third-order valence-corrected chi connectivity index (χ3v) is 6.85. The molecule has 182 valence electrons. The van der Waals surface area contributed by atoms with Crippen LogP contribution in [-0.2, 0) is 13.1 Å². The summed E-state index contributed by atoms with van der Waals surface area (Å²) in [6.07, 6.45) is 3.71. The molecule has 2 N–H and O–H groups in total. The molecule has 0 spiro atoms. The zero-order valence-electron chi connectivity index (χ0n) is 19.8. The van der Waals surface area contributed by atoms with Gasteiger partial charge in [-0.25, -0.2) is 0 Å². The maximum absolute atomic E-state index is 6.35. The van der Waals surface area contributed by atoms with Crippen molar-refractivity contribution in [3.05, 3.63) is 106 Å². The fraction of sp³-hybridized carbons (Fsp3) is 0.148. The maximum atomic E-state index is 6.35. The van der Waals surface area contributed by atoms with Crippen LogP contribution in [0.5, 0.6) is 0 Å². The molecular formula is C27H24Cl2N6S.